The van der Waals surface area contributed by atoms with Gasteiger partial charge in [-0.15, -0.1) is 10.2 Å². The van der Waals surface area contributed by atoms with Crippen molar-refractivity contribution in [3.63, 3.8) is 0 Å². The van der Waals surface area contributed by atoms with E-state index in [9.17, 15) is 0 Å². The topological polar surface area (TPSA) is 92.0 Å². The first kappa shape index (κ1) is 11.8. The van der Waals surface area contributed by atoms with Gasteiger partial charge in [0.15, 0.2) is 0 Å². The first-order chi connectivity index (χ1) is 9.22. The molecular formula is C13H14N4O2. The van der Waals surface area contributed by atoms with Gasteiger partial charge < -0.3 is 10.2 Å². The number of aromatic hydroxyl groups is 2. The van der Waals surface area contributed by atoms with Gasteiger partial charge in [0.05, 0.1) is 11.4 Å². The molecule has 6 heteroatoms. The Balaban J connectivity index is 1.73. The van der Waals surface area contributed by atoms with Crippen molar-refractivity contribution >= 4 is 0 Å². The summed E-state index contributed by atoms with van der Waals surface area (Å²) in [7, 11) is 0. The summed E-state index contributed by atoms with van der Waals surface area (Å²) in [6, 6.07) is 6.77. The molecule has 1 aliphatic carbocycles. The number of rotatable bonds is 2. The van der Waals surface area contributed by atoms with Crippen LogP contribution in [0, 0.1) is 0 Å². The number of hydrogen-bond acceptors (Lipinski definition) is 6. The lowest BCUT2D eigenvalue weighted by atomic mass is 9.99. The molecule has 0 aromatic carbocycles. The van der Waals surface area contributed by atoms with Crippen LogP contribution in [0.25, 0.3) is 0 Å². The Morgan fingerprint density at radius 1 is 0.737 bits per heavy atom. The molecule has 1 fully saturated rings. The molecular weight excluding hydrogens is 244 g/mol. The van der Waals surface area contributed by atoms with Gasteiger partial charge >= 0.3 is 0 Å². The largest absolute Gasteiger partial charge is 0.492 e. The summed E-state index contributed by atoms with van der Waals surface area (Å²) in [6.07, 6.45) is 2.98. The Hall–Kier alpha value is -2.24. The van der Waals surface area contributed by atoms with E-state index in [0.717, 1.165) is 30.7 Å². The van der Waals surface area contributed by atoms with Crippen LogP contribution in [-0.2, 0) is 0 Å². The van der Waals surface area contributed by atoms with Crippen LogP contribution in [0.2, 0.25) is 0 Å². The summed E-state index contributed by atoms with van der Waals surface area (Å²) >= 11 is 0. The van der Waals surface area contributed by atoms with E-state index in [1.807, 2.05) is 12.1 Å². The highest BCUT2D eigenvalue weighted by Gasteiger charge is 2.29. The molecule has 0 spiro atoms. The van der Waals surface area contributed by atoms with Crippen LogP contribution < -0.4 is 0 Å². The van der Waals surface area contributed by atoms with E-state index in [0.29, 0.717) is 11.8 Å². The molecule has 2 aromatic rings. The lowest BCUT2D eigenvalue weighted by Crippen LogP contribution is -2.01. The van der Waals surface area contributed by atoms with Crippen LogP contribution in [-0.4, -0.2) is 30.6 Å². The van der Waals surface area contributed by atoms with Crippen molar-refractivity contribution in [3.05, 3.63) is 35.7 Å². The summed E-state index contributed by atoms with van der Waals surface area (Å²) in [5.41, 5.74) is 1.82. The first-order valence-electron chi connectivity index (χ1n) is 6.27. The van der Waals surface area contributed by atoms with E-state index in [1.54, 1.807) is 12.1 Å². The zero-order chi connectivity index (χ0) is 13.2. The minimum Gasteiger partial charge on any atom is -0.492 e. The Kier molecular flexibility index (Phi) is 2.98. The van der Waals surface area contributed by atoms with Crippen LogP contribution in [0.15, 0.2) is 24.3 Å². The van der Waals surface area contributed by atoms with E-state index in [2.05, 4.69) is 20.4 Å². The Morgan fingerprint density at radius 3 is 1.58 bits per heavy atom. The van der Waals surface area contributed by atoms with Crippen LogP contribution in [0.5, 0.6) is 11.8 Å². The average molecular weight is 258 g/mol. The normalized spacial score (nSPS) is 22.5. The summed E-state index contributed by atoms with van der Waals surface area (Å²) in [4.78, 5) is 0. The highest BCUT2D eigenvalue weighted by atomic mass is 16.3. The fourth-order valence-electron chi connectivity index (χ4n) is 2.63. The molecule has 2 heterocycles. The molecule has 0 amide bonds. The SMILES string of the molecule is Oc1ccc(C2CCC(c3ccc(O)nn3)C2)nn1. The molecule has 0 aliphatic heterocycles. The van der Waals surface area contributed by atoms with Gasteiger partial charge in [-0.2, -0.15) is 10.2 Å². The van der Waals surface area contributed by atoms with E-state index in [-0.39, 0.29) is 11.8 Å². The predicted octanol–water partition coefficient (Wildman–Crippen LogP) is 1.73. The second-order valence-corrected chi connectivity index (χ2v) is 4.84. The molecule has 19 heavy (non-hydrogen) atoms. The van der Waals surface area contributed by atoms with Gasteiger partial charge in [0.1, 0.15) is 0 Å². The first-order valence-corrected chi connectivity index (χ1v) is 6.27. The summed E-state index contributed by atoms with van der Waals surface area (Å²) in [5, 5.41) is 33.7. The Bertz CT molecular complexity index is 504. The fraction of sp³-hybridized carbons (Fsp3) is 0.385. The number of aromatic nitrogens is 4. The maximum absolute atomic E-state index is 9.14. The minimum absolute atomic E-state index is 0.0531. The fourth-order valence-corrected chi connectivity index (χ4v) is 2.63. The van der Waals surface area contributed by atoms with E-state index < -0.39 is 0 Å². The highest BCUT2D eigenvalue weighted by Crippen LogP contribution is 2.42. The van der Waals surface area contributed by atoms with E-state index in [4.69, 9.17) is 10.2 Å². The van der Waals surface area contributed by atoms with Crippen molar-refractivity contribution in [2.75, 3.05) is 0 Å². The second-order valence-electron chi connectivity index (χ2n) is 4.84. The summed E-state index contributed by atoms with van der Waals surface area (Å²) in [6.45, 7) is 0. The average Bonchev–Trinajstić information content (AvgIpc) is 2.90. The number of nitrogens with zero attached hydrogens (tertiary/aromatic N) is 4. The van der Waals surface area contributed by atoms with Gasteiger partial charge in [0.2, 0.25) is 11.8 Å². The highest BCUT2D eigenvalue weighted by molar-refractivity contribution is 5.19. The molecule has 0 radical (unpaired) electrons. The maximum atomic E-state index is 9.14. The Labute approximate surface area is 110 Å². The van der Waals surface area contributed by atoms with Gasteiger partial charge in [-0.05, 0) is 31.4 Å². The molecule has 0 saturated heterocycles. The predicted molar refractivity (Wildman–Crippen MR) is 66.7 cm³/mol. The second kappa shape index (κ2) is 4.79. The molecule has 2 atom stereocenters. The van der Waals surface area contributed by atoms with Crippen LogP contribution >= 0.6 is 0 Å². The third-order valence-corrected chi connectivity index (χ3v) is 3.61. The van der Waals surface area contributed by atoms with Gasteiger partial charge in [-0.1, -0.05) is 0 Å². The summed E-state index contributed by atoms with van der Waals surface area (Å²) in [5.74, 6) is 0.577. The van der Waals surface area contributed by atoms with Gasteiger partial charge in [0.25, 0.3) is 0 Å². The Morgan fingerprint density at radius 2 is 1.21 bits per heavy atom. The molecule has 1 saturated carbocycles. The molecule has 98 valence electrons. The van der Waals surface area contributed by atoms with Crippen molar-refractivity contribution in [2.24, 2.45) is 0 Å². The third-order valence-electron chi connectivity index (χ3n) is 3.61. The van der Waals surface area contributed by atoms with Crippen LogP contribution in [0.1, 0.15) is 42.5 Å². The van der Waals surface area contributed by atoms with Crippen LogP contribution in [0.3, 0.4) is 0 Å². The van der Waals surface area contributed by atoms with Gasteiger partial charge in [0, 0.05) is 24.0 Å². The maximum Gasteiger partial charge on any atom is 0.230 e. The van der Waals surface area contributed by atoms with Crippen molar-refractivity contribution in [1.82, 2.24) is 20.4 Å². The molecule has 1 aliphatic rings. The van der Waals surface area contributed by atoms with Gasteiger partial charge in [-0.3, -0.25) is 0 Å². The molecule has 0 bridgehead atoms. The standard InChI is InChI=1S/C13H14N4O2/c18-12-5-3-10(14-16-12)8-1-2-9(7-8)11-4-6-13(19)17-15-11/h3-6,8-9H,1-2,7H2,(H,16,18)(H,17,19). The van der Waals surface area contributed by atoms with Crippen molar-refractivity contribution in [2.45, 2.75) is 31.1 Å². The third kappa shape index (κ3) is 2.47. The summed E-state index contributed by atoms with van der Waals surface area (Å²) < 4.78 is 0. The number of hydrogen-bond donors (Lipinski definition) is 2. The lowest BCUT2D eigenvalue weighted by Gasteiger charge is -2.09. The van der Waals surface area contributed by atoms with Crippen molar-refractivity contribution in [1.29, 1.82) is 0 Å². The molecule has 2 N–H and O–H groups in total. The molecule has 2 unspecified atom stereocenters. The molecule has 3 rings (SSSR count). The molecule has 6 nitrogen and oxygen atoms in total. The monoisotopic (exact) mass is 258 g/mol. The van der Waals surface area contributed by atoms with Crippen LogP contribution in [0.4, 0.5) is 0 Å². The van der Waals surface area contributed by atoms with Gasteiger partial charge in [-0.25, -0.2) is 0 Å². The van der Waals surface area contributed by atoms with Crippen molar-refractivity contribution < 1.29 is 10.2 Å². The van der Waals surface area contributed by atoms with Crippen molar-refractivity contribution in [3.8, 4) is 11.8 Å². The minimum atomic E-state index is -0.0531. The zero-order valence-corrected chi connectivity index (χ0v) is 10.3. The zero-order valence-electron chi connectivity index (χ0n) is 10.3. The molecule has 2 aromatic heterocycles. The lowest BCUT2D eigenvalue weighted by molar-refractivity contribution is 0.441. The van der Waals surface area contributed by atoms with E-state index in [1.165, 1.54) is 0 Å². The quantitative estimate of drug-likeness (QED) is 0.852. The van der Waals surface area contributed by atoms with E-state index >= 15 is 0 Å². The smallest absolute Gasteiger partial charge is 0.230 e.